The number of amides is 1. The fourth-order valence-electron chi connectivity index (χ4n) is 3.07. The normalized spacial score (nSPS) is 10.7. The molecule has 4 rings (SSSR count). The van der Waals surface area contributed by atoms with Crippen LogP contribution in [0.15, 0.2) is 91.8 Å². The van der Waals surface area contributed by atoms with Crippen molar-refractivity contribution in [3.05, 3.63) is 88.9 Å². The number of nitrogens with zero attached hydrogens (tertiary/aromatic N) is 1. The number of fused-ring (bicyclic) bond motifs is 1. The molecule has 1 aromatic heterocycles. The molecule has 7 nitrogen and oxygen atoms in total. The summed E-state index contributed by atoms with van der Waals surface area (Å²) in [7, 11) is 1.27. The third-order valence-electron chi connectivity index (χ3n) is 4.52. The molecule has 4 aromatic rings. The zero-order chi connectivity index (χ0) is 21.8. The summed E-state index contributed by atoms with van der Waals surface area (Å²) in [4.78, 5) is 38.6. The van der Waals surface area contributed by atoms with E-state index in [0.29, 0.717) is 11.2 Å². The van der Waals surface area contributed by atoms with Gasteiger partial charge in [-0.3, -0.25) is 9.36 Å². The summed E-state index contributed by atoms with van der Waals surface area (Å²) in [5, 5.41) is 2.86. The molecular weight excluding hydrogens is 416 g/mol. The summed E-state index contributed by atoms with van der Waals surface area (Å²) in [5.74, 6) is -1.59. The maximum Gasteiger partial charge on any atom is 0.420 e. The van der Waals surface area contributed by atoms with E-state index in [0.717, 1.165) is 9.79 Å². The van der Waals surface area contributed by atoms with Crippen LogP contribution in [0.3, 0.4) is 0 Å². The van der Waals surface area contributed by atoms with Crippen LogP contribution in [0.5, 0.6) is 0 Å². The van der Waals surface area contributed by atoms with E-state index in [1.165, 1.54) is 35.6 Å². The number of benzene rings is 3. The van der Waals surface area contributed by atoms with Crippen molar-refractivity contribution < 1.29 is 18.7 Å². The second-order valence-corrected chi connectivity index (χ2v) is 7.70. The minimum atomic E-state index is -0.681. The molecule has 3 aromatic carbocycles. The van der Waals surface area contributed by atoms with Crippen LogP contribution in [0.4, 0.5) is 5.69 Å². The summed E-state index contributed by atoms with van der Waals surface area (Å²) < 4.78 is 11.1. The lowest BCUT2D eigenvalue weighted by Gasteiger charge is -2.11. The molecule has 0 radical (unpaired) electrons. The monoisotopic (exact) mass is 434 g/mol. The maximum absolute atomic E-state index is 12.7. The molecule has 1 heterocycles. The number of nitrogens with one attached hydrogen (secondary N) is 1. The predicted octanol–water partition coefficient (Wildman–Crippen LogP) is 4.17. The van der Waals surface area contributed by atoms with Gasteiger partial charge in [0, 0.05) is 9.79 Å². The molecule has 0 saturated heterocycles. The van der Waals surface area contributed by atoms with Crippen molar-refractivity contribution in [3.8, 4) is 0 Å². The van der Waals surface area contributed by atoms with E-state index >= 15 is 0 Å². The molecule has 0 aliphatic rings. The zero-order valence-electron chi connectivity index (χ0n) is 16.5. The topological polar surface area (TPSA) is 90.5 Å². The van der Waals surface area contributed by atoms with Gasteiger partial charge in [0.05, 0.1) is 23.9 Å². The summed E-state index contributed by atoms with van der Waals surface area (Å²) in [6, 6.07) is 21.8. The molecule has 0 bridgehead atoms. The Kier molecular flexibility index (Phi) is 5.90. The smallest absolute Gasteiger partial charge is 0.420 e. The lowest BCUT2D eigenvalue weighted by Crippen LogP contribution is -2.25. The van der Waals surface area contributed by atoms with Gasteiger partial charge in [-0.2, -0.15) is 0 Å². The van der Waals surface area contributed by atoms with Gasteiger partial charge < -0.3 is 14.5 Å². The Morgan fingerprint density at radius 2 is 1.77 bits per heavy atom. The van der Waals surface area contributed by atoms with Gasteiger partial charge in [-0.25, -0.2) is 9.59 Å². The quantitative estimate of drug-likeness (QED) is 0.458. The van der Waals surface area contributed by atoms with Crippen LogP contribution in [0.25, 0.3) is 11.1 Å². The van der Waals surface area contributed by atoms with Gasteiger partial charge in [0.25, 0.3) is 0 Å². The number of hydrogen-bond acceptors (Lipinski definition) is 6. The average Bonchev–Trinajstić information content (AvgIpc) is 3.09. The van der Waals surface area contributed by atoms with Crippen LogP contribution in [0.1, 0.15) is 10.4 Å². The second kappa shape index (κ2) is 8.93. The molecule has 0 fully saturated rings. The van der Waals surface area contributed by atoms with E-state index in [4.69, 9.17) is 4.42 Å². The van der Waals surface area contributed by atoms with E-state index in [1.54, 1.807) is 6.07 Å². The molecule has 0 atom stereocenters. The van der Waals surface area contributed by atoms with Gasteiger partial charge in [-0.05, 0) is 42.5 Å². The minimum Gasteiger partial charge on any atom is -0.465 e. The molecule has 0 spiro atoms. The van der Waals surface area contributed by atoms with Gasteiger partial charge in [-0.1, -0.05) is 42.1 Å². The third-order valence-corrected chi connectivity index (χ3v) is 5.61. The zero-order valence-corrected chi connectivity index (χ0v) is 17.3. The molecule has 0 aliphatic heterocycles. The number of para-hydroxylation sites is 1. The van der Waals surface area contributed by atoms with Gasteiger partial charge in [-0.15, -0.1) is 0 Å². The van der Waals surface area contributed by atoms with Crippen molar-refractivity contribution in [3.63, 3.8) is 0 Å². The number of carbonyl (C=O) groups excluding carboxylic acids is 2. The fourth-order valence-corrected chi connectivity index (χ4v) is 3.99. The molecule has 8 heteroatoms. The lowest BCUT2D eigenvalue weighted by atomic mass is 10.2. The summed E-state index contributed by atoms with van der Waals surface area (Å²) in [6.07, 6.45) is 0. The first-order valence-corrected chi connectivity index (χ1v) is 10.2. The second-order valence-electron chi connectivity index (χ2n) is 6.59. The van der Waals surface area contributed by atoms with Crippen LogP contribution in [0, 0.1) is 0 Å². The highest BCUT2D eigenvalue weighted by Crippen LogP contribution is 2.33. The molecule has 31 heavy (non-hydrogen) atoms. The Morgan fingerprint density at radius 3 is 2.55 bits per heavy atom. The van der Waals surface area contributed by atoms with E-state index in [1.807, 2.05) is 54.6 Å². The standard InChI is InChI=1S/C23H18N2O5S/c1-29-22(27)15-11-12-18-19(13-15)30-23(28)25(18)14-21(26)24-17-9-5-6-10-20(17)31-16-7-3-2-4-8-16/h2-13H,14H2,1H3,(H,24,26). The van der Waals surface area contributed by atoms with Gasteiger partial charge in [0.1, 0.15) is 6.54 Å². The summed E-state index contributed by atoms with van der Waals surface area (Å²) >= 11 is 1.53. The first-order valence-electron chi connectivity index (χ1n) is 9.38. The average molecular weight is 434 g/mol. The van der Waals surface area contributed by atoms with E-state index in [9.17, 15) is 14.4 Å². The van der Waals surface area contributed by atoms with Crippen molar-refractivity contribution in [2.24, 2.45) is 0 Å². The van der Waals surface area contributed by atoms with E-state index in [2.05, 4.69) is 10.1 Å². The van der Waals surface area contributed by atoms with E-state index < -0.39 is 11.7 Å². The number of anilines is 1. The van der Waals surface area contributed by atoms with Crippen molar-refractivity contribution in [2.75, 3.05) is 12.4 Å². The largest absolute Gasteiger partial charge is 0.465 e. The molecule has 1 amide bonds. The maximum atomic E-state index is 12.7. The van der Waals surface area contributed by atoms with Gasteiger partial charge in [0.15, 0.2) is 5.58 Å². The summed E-state index contributed by atoms with van der Waals surface area (Å²) in [6.45, 7) is -0.228. The van der Waals surface area contributed by atoms with E-state index in [-0.39, 0.29) is 23.6 Å². The fraction of sp³-hybridized carbons (Fsp3) is 0.0870. The first-order chi connectivity index (χ1) is 15.0. The number of oxazole rings is 1. The number of rotatable bonds is 6. The number of ether oxygens (including phenoxy) is 1. The predicted molar refractivity (Wildman–Crippen MR) is 117 cm³/mol. The molecule has 0 unspecified atom stereocenters. The van der Waals surface area contributed by atoms with Crippen LogP contribution in [0.2, 0.25) is 0 Å². The van der Waals surface area contributed by atoms with Crippen LogP contribution in [-0.4, -0.2) is 23.6 Å². The minimum absolute atomic E-state index is 0.209. The van der Waals surface area contributed by atoms with Crippen molar-refractivity contribution in [1.29, 1.82) is 0 Å². The lowest BCUT2D eigenvalue weighted by molar-refractivity contribution is -0.116. The highest BCUT2D eigenvalue weighted by Gasteiger charge is 2.16. The highest BCUT2D eigenvalue weighted by molar-refractivity contribution is 7.99. The Labute approximate surface area is 181 Å². The van der Waals surface area contributed by atoms with Crippen molar-refractivity contribution in [2.45, 2.75) is 16.3 Å². The highest BCUT2D eigenvalue weighted by atomic mass is 32.2. The van der Waals surface area contributed by atoms with Gasteiger partial charge in [0.2, 0.25) is 5.91 Å². The number of aromatic nitrogens is 1. The third kappa shape index (κ3) is 4.54. The van der Waals surface area contributed by atoms with Crippen LogP contribution >= 0.6 is 11.8 Å². The van der Waals surface area contributed by atoms with Crippen LogP contribution in [-0.2, 0) is 16.1 Å². The summed E-state index contributed by atoms with van der Waals surface area (Å²) in [5.41, 5.74) is 1.53. The Morgan fingerprint density at radius 1 is 1.03 bits per heavy atom. The number of hydrogen-bond donors (Lipinski definition) is 1. The Hall–Kier alpha value is -3.78. The Bertz CT molecular complexity index is 1310. The molecule has 156 valence electrons. The van der Waals surface area contributed by atoms with Crippen molar-refractivity contribution in [1.82, 2.24) is 4.57 Å². The first kappa shape index (κ1) is 20.5. The number of methoxy groups -OCH3 is 1. The molecule has 0 aliphatic carbocycles. The van der Waals surface area contributed by atoms with Gasteiger partial charge >= 0.3 is 11.7 Å². The Balaban J connectivity index is 1.55. The molecular formula is C23H18N2O5S. The number of esters is 1. The van der Waals surface area contributed by atoms with Crippen LogP contribution < -0.4 is 11.1 Å². The molecule has 0 saturated carbocycles. The SMILES string of the molecule is COC(=O)c1ccc2c(c1)oc(=O)n2CC(=O)Nc1ccccc1Sc1ccccc1. The molecule has 1 N–H and O–H groups in total. The number of carbonyl (C=O) groups is 2. The van der Waals surface area contributed by atoms with Crippen molar-refractivity contribution >= 4 is 40.4 Å².